The molecule has 8 heteroatoms. The minimum absolute atomic E-state index is 0.220. The van der Waals surface area contributed by atoms with Crippen LogP contribution in [0.25, 0.3) is 0 Å². The number of hydrogen-bond acceptors (Lipinski definition) is 5. The Kier molecular flexibility index (Phi) is 7.83. The van der Waals surface area contributed by atoms with Crippen LogP contribution in [0.2, 0.25) is 0 Å². The molecule has 0 unspecified atom stereocenters. The van der Waals surface area contributed by atoms with Crippen molar-refractivity contribution in [2.45, 2.75) is 24.2 Å². The van der Waals surface area contributed by atoms with Gasteiger partial charge in [-0.3, -0.25) is 4.79 Å². The number of sulfonamides is 1. The minimum Gasteiger partial charge on any atom is -0.382 e. The van der Waals surface area contributed by atoms with Gasteiger partial charge in [-0.25, -0.2) is 8.42 Å². The minimum atomic E-state index is -3.44. The van der Waals surface area contributed by atoms with Crippen molar-refractivity contribution >= 4 is 15.9 Å². The van der Waals surface area contributed by atoms with Gasteiger partial charge in [-0.1, -0.05) is 0 Å². The molecule has 0 aromatic heterocycles. The number of nitrogens with zero attached hydrogens (tertiary/aromatic N) is 1. The number of rotatable bonds is 10. The number of ether oxygens (including phenoxy) is 2. The zero-order valence-electron chi connectivity index (χ0n) is 14.6. The van der Waals surface area contributed by atoms with E-state index < -0.39 is 10.0 Å². The van der Waals surface area contributed by atoms with Crippen LogP contribution in [0.4, 0.5) is 0 Å². The van der Waals surface area contributed by atoms with Crippen molar-refractivity contribution in [3.8, 4) is 0 Å². The lowest BCUT2D eigenvalue weighted by molar-refractivity contribution is 0.0688. The van der Waals surface area contributed by atoms with Crippen LogP contribution in [0.1, 0.15) is 29.6 Å². The lowest BCUT2D eigenvalue weighted by atomic mass is 10.2. The predicted octanol–water partition coefficient (Wildman–Crippen LogP) is 1.25. The molecule has 0 spiro atoms. The van der Waals surface area contributed by atoms with E-state index in [1.807, 2.05) is 0 Å². The van der Waals surface area contributed by atoms with Crippen molar-refractivity contribution in [3.63, 3.8) is 0 Å². The Morgan fingerprint density at radius 3 is 2.44 bits per heavy atom. The molecule has 7 nitrogen and oxygen atoms in total. The van der Waals surface area contributed by atoms with E-state index in [1.54, 1.807) is 19.2 Å². The van der Waals surface area contributed by atoms with Gasteiger partial charge in [0.1, 0.15) is 0 Å². The molecule has 1 aliphatic rings. The van der Waals surface area contributed by atoms with E-state index in [-0.39, 0.29) is 10.8 Å². The zero-order valence-corrected chi connectivity index (χ0v) is 15.4. The molecular formula is C17H26N2O5S. The maximum atomic E-state index is 12.4. The third kappa shape index (κ3) is 5.78. The van der Waals surface area contributed by atoms with Gasteiger partial charge < -0.3 is 14.8 Å². The van der Waals surface area contributed by atoms with Crippen LogP contribution in [0.5, 0.6) is 0 Å². The molecule has 1 amide bonds. The zero-order chi connectivity index (χ0) is 18.1. The second-order valence-electron chi connectivity index (χ2n) is 5.85. The molecule has 1 heterocycles. The average molecular weight is 370 g/mol. The molecule has 0 atom stereocenters. The van der Waals surface area contributed by atoms with E-state index in [0.29, 0.717) is 51.4 Å². The molecule has 1 aliphatic heterocycles. The molecule has 1 fully saturated rings. The lowest BCUT2D eigenvalue weighted by Gasteiger charge is -2.15. The number of carbonyl (C=O) groups is 1. The van der Waals surface area contributed by atoms with Crippen molar-refractivity contribution < 1.29 is 22.7 Å². The van der Waals surface area contributed by atoms with Gasteiger partial charge in [0.15, 0.2) is 0 Å². The first kappa shape index (κ1) is 19.8. The number of methoxy groups -OCH3 is 1. The summed E-state index contributed by atoms with van der Waals surface area (Å²) < 4.78 is 36.6. The van der Waals surface area contributed by atoms with E-state index in [0.717, 1.165) is 12.8 Å². The Morgan fingerprint density at radius 1 is 1.12 bits per heavy atom. The summed E-state index contributed by atoms with van der Waals surface area (Å²) in [7, 11) is -1.82. The van der Waals surface area contributed by atoms with Gasteiger partial charge in [-0.05, 0) is 43.5 Å². The first-order valence-corrected chi connectivity index (χ1v) is 9.95. The molecule has 1 N–H and O–H groups in total. The van der Waals surface area contributed by atoms with Crippen molar-refractivity contribution in [1.29, 1.82) is 0 Å². The topological polar surface area (TPSA) is 84.9 Å². The summed E-state index contributed by atoms with van der Waals surface area (Å²) in [4.78, 5) is 12.3. The Labute approximate surface area is 149 Å². The standard InChI is InChI=1S/C17H26N2O5S/c1-23-13-14-24-12-4-9-18-17(20)15-5-7-16(8-6-15)25(21,22)19-10-2-3-11-19/h5-8H,2-4,9-14H2,1H3,(H,18,20). The fourth-order valence-electron chi connectivity index (χ4n) is 2.58. The molecule has 2 rings (SSSR count). The fraction of sp³-hybridized carbons (Fsp3) is 0.588. The second-order valence-corrected chi connectivity index (χ2v) is 7.79. The number of hydrogen-bond donors (Lipinski definition) is 1. The summed E-state index contributed by atoms with van der Waals surface area (Å²) in [5, 5.41) is 2.79. The highest BCUT2D eigenvalue weighted by molar-refractivity contribution is 7.89. The van der Waals surface area contributed by atoms with Crippen LogP contribution < -0.4 is 5.32 Å². The van der Waals surface area contributed by atoms with Crippen LogP contribution in [-0.4, -0.2) is 65.2 Å². The third-order valence-corrected chi connectivity index (χ3v) is 5.91. The molecule has 0 radical (unpaired) electrons. The van der Waals surface area contributed by atoms with Crippen LogP contribution >= 0.6 is 0 Å². The summed E-state index contributed by atoms with van der Waals surface area (Å²) in [6, 6.07) is 6.09. The Morgan fingerprint density at radius 2 is 1.80 bits per heavy atom. The van der Waals surface area contributed by atoms with Crippen molar-refractivity contribution in [2.24, 2.45) is 0 Å². The molecule has 0 bridgehead atoms. The number of carbonyl (C=O) groups excluding carboxylic acids is 1. The first-order valence-electron chi connectivity index (χ1n) is 8.51. The van der Waals surface area contributed by atoms with E-state index in [4.69, 9.17) is 9.47 Å². The van der Waals surface area contributed by atoms with Gasteiger partial charge >= 0.3 is 0 Å². The molecule has 1 aromatic rings. The second kappa shape index (κ2) is 9.86. The van der Waals surface area contributed by atoms with Gasteiger partial charge in [0, 0.05) is 38.9 Å². The highest BCUT2D eigenvalue weighted by Gasteiger charge is 2.27. The monoisotopic (exact) mass is 370 g/mol. The number of nitrogens with one attached hydrogen (secondary N) is 1. The summed E-state index contributed by atoms with van der Waals surface area (Å²) in [6.45, 7) is 3.28. The normalized spacial score (nSPS) is 15.4. The van der Waals surface area contributed by atoms with Gasteiger partial charge in [0.2, 0.25) is 10.0 Å². The highest BCUT2D eigenvalue weighted by atomic mass is 32.2. The number of benzene rings is 1. The van der Waals surface area contributed by atoms with Crippen molar-refractivity contribution in [2.75, 3.05) is 46.6 Å². The van der Waals surface area contributed by atoms with Crippen LogP contribution in [-0.2, 0) is 19.5 Å². The van der Waals surface area contributed by atoms with Crippen LogP contribution in [0.3, 0.4) is 0 Å². The Hall–Kier alpha value is -1.48. The predicted molar refractivity (Wildman–Crippen MR) is 94.1 cm³/mol. The summed E-state index contributed by atoms with van der Waals surface area (Å²) in [6.07, 6.45) is 2.50. The van der Waals surface area contributed by atoms with Crippen LogP contribution in [0.15, 0.2) is 29.2 Å². The van der Waals surface area contributed by atoms with Crippen molar-refractivity contribution in [1.82, 2.24) is 9.62 Å². The molecule has 0 saturated carbocycles. The van der Waals surface area contributed by atoms with Gasteiger partial charge in [-0.15, -0.1) is 0 Å². The van der Waals surface area contributed by atoms with Crippen LogP contribution in [0, 0.1) is 0 Å². The van der Waals surface area contributed by atoms with E-state index in [2.05, 4.69) is 5.32 Å². The number of amides is 1. The van der Waals surface area contributed by atoms with E-state index in [9.17, 15) is 13.2 Å². The maximum Gasteiger partial charge on any atom is 0.251 e. The highest BCUT2D eigenvalue weighted by Crippen LogP contribution is 2.21. The molecule has 1 aromatic carbocycles. The molecule has 25 heavy (non-hydrogen) atoms. The lowest BCUT2D eigenvalue weighted by Crippen LogP contribution is -2.28. The smallest absolute Gasteiger partial charge is 0.251 e. The van der Waals surface area contributed by atoms with E-state index >= 15 is 0 Å². The average Bonchev–Trinajstić information content (AvgIpc) is 3.16. The summed E-state index contributed by atoms with van der Waals surface area (Å²) >= 11 is 0. The van der Waals surface area contributed by atoms with Gasteiger partial charge in [0.05, 0.1) is 18.1 Å². The first-order chi connectivity index (χ1) is 12.1. The summed E-state index contributed by atoms with van der Waals surface area (Å²) in [5.74, 6) is -0.220. The largest absolute Gasteiger partial charge is 0.382 e. The molecule has 140 valence electrons. The Bertz CT molecular complexity index is 640. The SMILES string of the molecule is COCCOCCCNC(=O)c1ccc(S(=O)(=O)N2CCCC2)cc1. The van der Waals surface area contributed by atoms with Crippen molar-refractivity contribution in [3.05, 3.63) is 29.8 Å². The maximum absolute atomic E-state index is 12.4. The quantitative estimate of drug-likeness (QED) is 0.627. The summed E-state index contributed by atoms with van der Waals surface area (Å²) in [5.41, 5.74) is 0.445. The van der Waals surface area contributed by atoms with Gasteiger partial charge in [0.25, 0.3) is 5.91 Å². The molecule has 1 saturated heterocycles. The van der Waals surface area contributed by atoms with E-state index in [1.165, 1.54) is 16.4 Å². The van der Waals surface area contributed by atoms with Gasteiger partial charge in [-0.2, -0.15) is 4.31 Å². The molecular weight excluding hydrogens is 344 g/mol. The third-order valence-electron chi connectivity index (χ3n) is 4.00. The fourth-order valence-corrected chi connectivity index (χ4v) is 4.10. The molecule has 0 aliphatic carbocycles. The Balaban J connectivity index is 1.80.